The number of fused-ring (bicyclic) bond motifs is 1. The lowest BCUT2D eigenvalue weighted by molar-refractivity contribution is -0.127. The number of aromatic nitrogens is 2. The molecule has 1 atom stereocenters. The van der Waals surface area contributed by atoms with Crippen LogP contribution in [0.2, 0.25) is 0 Å². The number of H-pyrrole nitrogens is 1. The second-order valence-corrected chi connectivity index (χ2v) is 6.97. The Bertz CT molecular complexity index is 831. The van der Waals surface area contributed by atoms with Gasteiger partial charge in [-0.1, -0.05) is 12.1 Å². The van der Waals surface area contributed by atoms with E-state index in [2.05, 4.69) is 15.5 Å². The molecule has 0 radical (unpaired) electrons. The van der Waals surface area contributed by atoms with Crippen LogP contribution >= 0.6 is 0 Å². The summed E-state index contributed by atoms with van der Waals surface area (Å²) in [6, 6.07) is 6.11. The molecular weight excluding hydrogens is 335 g/mol. The molecule has 136 valence electrons. The molecular formula is C19H21FN4O2. The monoisotopic (exact) mass is 356 g/mol. The molecule has 0 saturated carbocycles. The van der Waals surface area contributed by atoms with Gasteiger partial charge in [-0.05, 0) is 43.4 Å². The van der Waals surface area contributed by atoms with Crippen LogP contribution < -0.4 is 5.32 Å². The zero-order chi connectivity index (χ0) is 18.1. The van der Waals surface area contributed by atoms with Gasteiger partial charge in [0.1, 0.15) is 5.82 Å². The average Bonchev–Trinajstić information content (AvgIpc) is 3.30. The molecule has 1 aromatic carbocycles. The van der Waals surface area contributed by atoms with E-state index >= 15 is 0 Å². The van der Waals surface area contributed by atoms with Gasteiger partial charge in [0.05, 0.1) is 6.04 Å². The van der Waals surface area contributed by atoms with E-state index in [1.54, 1.807) is 17.0 Å². The SMILES string of the molecule is O=C(NC1CC(=O)N(CCc2ccc(F)cc2)C1)c1n[nH]c2c1CCC2. The smallest absolute Gasteiger partial charge is 0.272 e. The number of benzene rings is 1. The van der Waals surface area contributed by atoms with Crippen LogP contribution in [-0.2, 0) is 24.1 Å². The van der Waals surface area contributed by atoms with Crippen molar-refractivity contribution >= 4 is 11.8 Å². The summed E-state index contributed by atoms with van der Waals surface area (Å²) in [5.74, 6) is -0.439. The van der Waals surface area contributed by atoms with Gasteiger partial charge in [0.2, 0.25) is 5.91 Å². The molecule has 0 bridgehead atoms. The molecule has 6 nitrogen and oxygen atoms in total. The number of nitrogens with one attached hydrogen (secondary N) is 2. The first-order valence-electron chi connectivity index (χ1n) is 8.99. The van der Waals surface area contributed by atoms with Crippen LogP contribution in [0.4, 0.5) is 4.39 Å². The number of hydrogen-bond acceptors (Lipinski definition) is 3. The van der Waals surface area contributed by atoms with E-state index in [0.717, 1.165) is 36.1 Å². The van der Waals surface area contributed by atoms with E-state index < -0.39 is 0 Å². The summed E-state index contributed by atoms with van der Waals surface area (Å²) in [6.45, 7) is 1.06. The van der Waals surface area contributed by atoms with Gasteiger partial charge in [-0.3, -0.25) is 14.7 Å². The fourth-order valence-corrected chi connectivity index (χ4v) is 3.76. The molecule has 1 unspecified atom stereocenters. The number of halogens is 1. The molecule has 2 aromatic rings. The Morgan fingerprint density at radius 2 is 2.12 bits per heavy atom. The van der Waals surface area contributed by atoms with Gasteiger partial charge in [0.25, 0.3) is 5.91 Å². The summed E-state index contributed by atoms with van der Waals surface area (Å²) in [6.07, 6.45) is 3.83. The normalized spacial score (nSPS) is 19.0. The van der Waals surface area contributed by atoms with Crippen LogP contribution in [0, 0.1) is 5.82 Å². The number of likely N-dealkylation sites (tertiary alicyclic amines) is 1. The van der Waals surface area contributed by atoms with Crippen molar-refractivity contribution in [3.05, 3.63) is 52.6 Å². The molecule has 0 spiro atoms. The molecule has 1 aliphatic heterocycles. The first-order chi connectivity index (χ1) is 12.6. The molecule has 2 heterocycles. The first kappa shape index (κ1) is 16.8. The van der Waals surface area contributed by atoms with Crippen molar-refractivity contribution in [3.63, 3.8) is 0 Å². The molecule has 1 saturated heterocycles. The predicted molar refractivity (Wildman–Crippen MR) is 93.2 cm³/mol. The van der Waals surface area contributed by atoms with Crippen molar-refractivity contribution in [1.29, 1.82) is 0 Å². The van der Waals surface area contributed by atoms with E-state index in [0.29, 0.717) is 31.6 Å². The number of aryl methyl sites for hydroxylation is 1. The number of amides is 2. The maximum Gasteiger partial charge on any atom is 0.272 e. The minimum absolute atomic E-state index is 0.0321. The molecule has 1 fully saturated rings. The molecule has 7 heteroatoms. The Morgan fingerprint density at radius 3 is 2.92 bits per heavy atom. The Morgan fingerprint density at radius 1 is 1.31 bits per heavy atom. The van der Waals surface area contributed by atoms with Gasteiger partial charge in [0.15, 0.2) is 5.69 Å². The van der Waals surface area contributed by atoms with Gasteiger partial charge < -0.3 is 10.2 Å². The summed E-state index contributed by atoms with van der Waals surface area (Å²) in [4.78, 5) is 26.4. The van der Waals surface area contributed by atoms with E-state index in [1.807, 2.05) is 0 Å². The van der Waals surface area contributed by atoms with Crippen molar-refractivity contribution in [2.45, 2.75) is 38.1 Å². The van der Waals surface area contributed by atoms with Crippen LogP contribution in [0.15, 0.2) is 24.3 Å². The Labute approximate surface area is 150 Å². The molecule has 2 N–H and O–H groups in total. The van der Waals surface area contributed by atoms with Crippen molar-refractivity contribution < 1.29 is 14.0 Å². The highest BCUT2D eigenvalue weighted by Crippen LogP contribution is 2.23. The van der Waals surface area contributed by atoms with Crippen LogP contribution in [0.25, 0.3) is 0 Å². The van der Waals surface area contributed by atoms with E-state index in [4.69, 9.17) is 0 Å². The van der Waals surface area contributed by atoms with E-state index in [1.165, 1.54) is 12.1 Å². The molecule has 26 heavy (non-hydrogen) atoms. The fourth-order valence-electron chi connectivity index (χ4n) is 3.76. The van der Waals surface area contributed by atoms with Crippen molar-refractivity contribution in [2.75, 3.05) is 13.1 Å². The zero-order valence-electron chi connectivity index (χ0n) is 14.4. The van der Waals surface area contributed by atoms with Crippen LogP contribution in [-0.4, -0.2) is 46.0 Å². The summed E-state index contributed by atoms with van der Waals surface area (Å²) in [5, 5.41) is 10.0. The molecule has 1 aromatic heterocycles. The summed E-state index contributed by atoms with van der Waals surface area (Å²) < 4.78 is 12.9. The topological polar surface area (TPSA) is 78.1 Å². The van der Waals surface area contributed by atoms with Gasteiger partial charge >= 0.3 is 0 Å². The lowest BCUT2D eigenvalue weighted by Gasteiger charge is -2.17. The summed E-state index contributed by atoms with van der Waals surface area (Å²) >= 11 is 0. The highest BCUT2D eigenvalue weighted by Gasteiger charge is 2.32. The second-order valence-electron chi connectivity index (χ2n) is 6.97. The Kier molecular flexibility index (Phi) is 4.44. The molecule has 4 rings (SSSR count). The first-order valence-corrected chi connectivity index (χ1v) is 8.99. The fraction of sp³-hybridized carbons (Fsp3) is 0.421. The highest BCUT2D eigenvalue weighted by atomic mass is 19.1. The second kappa shape index (κ2) is 6.90. The summed E-state index contributed by atoms with van der Waals surface area (Å²) in [5.41, 5.74) is 3.52. The molecule has 1 aliphatic carbocycles. The third-order valence-corrected chi connectivity index (χ3v) is 5.15. The van der Waals surface area contributed by atoms with Crippen molar-refractivity contribution in [2.24, 2.45) is 0 Å². The van der Waals surface area contributed by atoms with Crippen LogP contribution in [0.3, 0.4) is 0 Å². The number of aromatic amines is 1. The number of carbonyl (C=O) groups is 2. The number of hydrogen-bond donors (Lipinski definition) is 2. The highest BCUT2D eigenvalue weighted by molar-refractivity contribution is 5.95. The van der Waals surface area contributed by atoms with Crippen molar-refractivity contribution in [1.82, 2.24) is 20.4 Å². The summed E-state index contributed by atoms with van der Waals surface area (Å²) in [7, 11) is 0. The van der Waals surface area contributed by atoms with E-state index in [-0.39, 0.29) is 23.7 Å². The Balaban J connectivity index is 1.32. The maximum absolute atomic E-state index is 12.9. The number of rotatable bonds is 5. The molecule has 2 amide bonds. The van der Waals surface area contributed by atoms with Gasteiger partial charge in [0, 0.05) is 30.8 Å². The maximum atomic E-state index is 12.9. The Hall–Kier alpha value is -2.70. The third-order valence-electron chi connectivity index (χ3n) is 5.15. The lowest BCUT2D eigenvalue weighted by Crippen LogP contribution is -2.38. The average molecular weight is 356 g/mol. The van der Waals surface area contributed by atoms with Gasteiger partial charge in [-0.2, -0.15) is 5.10 Å². The minimum atomic E-state index is -0.265. The number of nitrogens with zero attached hydrogens (tertiary/aromatic N) is 2. The van der Waals surface area contributed by atoms with Crippen molar-refractivity contribution in [3.8, 4) is 0 Å². The van der Waals surface area contributed by atoms with Gasteiger partial charge in [-0.15, -0.1) is 0 Å². The van der Waals surface area contributed by atoms with Crippen LogP contribution in [0.5, 0.6) is 0 Å². The number of carbonyl (C=O) groups excluding carboxylic acids is 2. The largest absolute Gasteiger partial charge is 0.346 e. The quantitative estimate of drug-likeness (QED) is 0.854. The molecule has 2 aliphatic rings. The standard InChI is InChI=1S/C19H21FN4O2/c20-13-6-4-12(5-7-13)8-9-24-11-14(10-17(24)25)21-19(26)18-15-2-1-3-16(15)22-23-18/h4-7,14H,1-3,8-11H2,(H,21,26)(H,22,23). The van der Waals surface area contributed by atoms with Gasteiger partial charge in [-0.25, -0.2) is 4.39 Å². The lowest BCUT2D eigenvalue weighted by atomic mass is 10.1. The van der Waals surface area contributed by atoms with E-state index in [9.17, 15) is 14.0 Å². The minimum Gasteiger partial charge on any atom is -0.346 e. The van der Waals surface area contributed by atoms with Crippen LogP contribution in [0.1, 0.15) is 40.2 Å². The predicted octanol–water partition coefficient (Wildman–Crippen LogP) is 1.61. The zero-order valence-corrected chi connectivity index (χ0v) is 14.4. The third kappa shape index (κ3) is 3.34.